The Morgan fingerprint density at radius 2 is 1.96 bits per heavy atom. The van der Waals surface area contributed by atoms with Crippen LogP contribution in [0.1, 0.15) is 41.2 Å². The van der Waals surface area contributed by atoms with Crippen LogP contribution in [0.15, 0.2) is 30.3 Å². The van der Waals surface area contributed by atoms with Gasteiger partial charge in [-0.3, -0.25) is 9.69 Å². The first kappa shape index (κ1) is 21.1. The topological polar surface area (TPSA) is 68.7 Å². The van der Waals surface area contributed by atoms with Gasteiger partial charge in [-0.15, -0.1) is 11.3 Å². The Hall–Kier alpha value is -2.25. The van der Waals surface area contributed by atoms with Crippen LogP contribution in [0.5, 0.6) is 0 Å². The molecule has 0 aliphatic rings. The summed E-state index contributed by atoms with van der Waals surface area (Å²) in [6.45, 7) is 6.18. The number of esters is 1. The van der Waals surface area contributed by atoms with E-state index in [1.54, 1.807) is 18.9 Å². The van der Waals surface area contributed by atoms with Crippen LogP contribution in [-0.4, -0.2) is 43.2 Å². The van der Waals surface area contributed by atoms with Crippen LogP contribution in [-0.2, 0) is 20.7 Å². The Kier molecular flexibility index (Phi) is 7.94. The van der Waals surface area contributed by atoms with Gasteiger partial charge in [0.25, 0.3) is 0 Å². The van der Waals surface area contributed by atoms with Crippen LogP contribution < -0.4 is 4.90 Å². The molecule has 1 aromatic carbocycles. The predicted octanol–water partition coefficient (Wildman–Crippen LogP) is 3.63. The molecule has 0 spiro atoms. The third-order valence-corrected chi connectivity index (χ3v) is 5.11. The van der Waals surface area contributed by atoms with E-state index < -0.39 is 5.97 Å². The lowest BCUT2D eigenvalue weighted by Gasteiger charge is -2.21. The fourth-order valence-corrected chi connectivity index (χ4v) is 3.48. The molecule has 0 N–H and O–H groups in total. The molecule has 0 aliphatic heterocycles. The molecule has 0 fully saturated rings. The maximum atomic E-state index is 12.8. The molecule has 146 valence electrons. The lowest BCUT2D eigenvalue weighted by molar-refractivity contribution is -0.120. The Morgan fingerprint density at radius 1 is 1.26 bits per heavy atom. The number of thiazole rings is 1. The van der Waals surface area contributed by atoms with E-state index in [0.717, 1.165) is 10.4 Å². The van der Waals surface area contributed by atoms with Crippen molar-refractivity contribution in [1.29, 1.82) is 0 Å². The first-order valence-corrected chi connectivity index (χ1v) is 9.79. The van der Waals surface area contributed by atoms with Crippen molar-refractivity contribution < 1.29 is 19.1 Å². The van der Waals surface area contributed by atoms with Gasteiger partial charge < -0.3 is 9.47 Å². The minimum atomic E-state index is -0.460. The second-order valence-corrected chi connectivity index (χ2v) is 7.33. The van der Waals surface area contributed by atoms with Gasteiger partial charge in [-0.05, 0) is 32.8 Å². The fraction of sp³-hybridized carbons (Fsp3) is 0.450. The zero-order valence-electron chi connectivity index (χ0n) is 16.2. The zero-order valence-corrected chi connectivity index (χ0v) is 17.0. The van der Waals surface area contributed by atoms with E-state index in [4.69, 9.17) is 9.47 Å². The third kappa shape index (κ3) is 5.87. The molecular weight excluding hydrogens is 364 g/mol. The number of carbonyl (C=O) groups excluding carboxylic acids is 2. The smallest absolute Gasteiger partial charge is 0.358 e. The Balaban J connectivity index is 2.24. The molecule has 0 saturated carbocycles. The molecule has 1 aromatic heterocycles. The number of rotatable bonds is 9. The third-order valence-electron chi connectivity index (χ3n) is 4.12. The van der Waals surface area contributed by atoms with E-state index in [0.29, 0.717) is 18.1 Å². The van der Waals surface area contributed by atoms with Crippen LogP contribution >= 0.6 is 11.3 Å². The zero-order chi connectivity index (χ0) is 19.8. The lowest BCUT2D eigenvalue weighted by Crippen LogP contribution is -2.35. The molecular formula is C20H26N2O4S. The Morgan fingerprint density at radius 3 is 2.59 bits per heavy atom. The molecule has 6 nitrogen and oxygen atoms in total. The summed E-state index contributed by atoms with van der Waals surface area (Å²) in [5.41, 5.74) is 1.41. The number of benzene rings is 1. The van der Waals surface area contributed by atoms with Gasteiger partial charge in [0, 0.05) is 18.5 Å². The number of anilines is 1. The highest BCUT2D eigenvalue weighted by Gasteiger charge is 2.24. The summed E-state index contributed by atoms with van der Waals surface area (Å²) in [6, 6.07) is 9.96. The Labute approximate surface area is 164 Å². The van der Waals surface area contributed by atoms with E-state index in [9.17, 15) is 9.59 Å². The second-order valence-electron chi connectivity index (χ2n) is 6.15. The molecule has 1 atom stereocenters. The van der Waals surface area contributed by atoms with Crippen molar-refractivity contribution in [2.45, 2.75) is 39.7 Å². The highest BCUT2D eigenvalue weighted by molar-refractivity contribution is 7.16. The van der Waals surface area contributed by atoms with E-state index in [-0.39, 0.29) is 30.7 Å². The summed E-state index contributed by atoms with van der Waals surface area (Å²) in [7, 11) is 1.58. The van der Waals surface area contributed by atoms with Gasteiger partial charge in [-0.25, -0.2) is 9.78 Å². The van der Waals surface area contributed by atoms with Gasteiger partial charge in [0.1, 0.15) is 0 Å². The highest BCUT2D eigenvalue weighted by Crippen LogP contribution is 2.27. The normalized spacial score (nSPS) is 11.9. The van der Waals surface area contributed by atoms with Crippen molar-refractivity contribution in [3.63, 3.8) is 0 Å². The van der Waals surface area contributed by atoms with Gasteiger partial charge in [0.15, 0.2) is 10.8 Å². The maximum Gasteiger partial charge on any atom is 0.358 e. The van der Waals surface area contributed by atoms with E-state index >= 15 is 0 Å². The second kappa shape index (κ2) is 10.2. The first-order chi connectivity index (χ1) is 13.0. The SMILES string of the molecule is CCOC(=O)c1nc(N(CCc2ccccc2)C(=O)CC(C)OC)sc1C. The molecule has 1 heterocycles. The number of aromatic nitrogens is 1. The summed E-state index contributed by atoms with van der Waals surface area (Å²) >= 11 is 1.33. The number of amides is 1. The molecule has 7 heteroatoms. The minimum Gasteiger partial charge on any atom is -0.461 e. The number of methoxy groups -OCH3 is 1. The standard InChI is InChI=1S/C20H26N2O4S/c1-5-26-19(24)18-15(3)27-20(21-18)22(17(23)13-14(2)25-4)12-11-16-9-7-6-8-10-16/h6-10,14H,5,11-13H2,1-4H3. The summed E-state index contributed by atoms with van der Waals surface area (Å²) < 4.78 is 10.3. The van der Waals surface area contributed by atoms with Gasteiger partial charge in [-0.2, -0.15) is 0 Å². The number of carbonyl (C=O) groups is 2. The molecule has 0 saturated heterocycles. The van der Waals surface area contributed by atoms with Crippen molar-refractivity contribution >= 4 is 28.3 Å². The van der Waals surface area contributed by atoms with Crippen molar-refractivity contribution in [3.05, 3.63) is 46.5 Å². The number of nitrogens with zero attached hydrogens (tertiary/aromatic N) is 2. The van der Waals surface area contributed by atoms with Crippen molar-refractivity contribution in [2.24, 2.45) is 0 Å². The minimum absolute atomic E-state index is 0.0792. The molecule has 0 aliphatic carbocycles. The van der Waals surface area contributed by atoms with Gasteiger partial charge in [0.2, 0.25) is 5.91 Å². The van der Waals surface area contributed by atoms with Crippen LogP contribution in [0.3, 0.4) is 0 Å². The number of ether oxygens (including phenoxy) is 2. The van der Waals surface area contributed by atoms with Crippen LogP contribution in [0.25, 0.3) is 0 Å². The van der Waals surface area contributed by atoms with Gasteiger partial charge in [-0.1, -0.05) is 30.3 Å². The monoisotopic (exact) mass is 390 g/mol. The van der Waals surface area contributed by atoms with Gasteiger partial charge >= 0.3 is 5.97 Å². The number of hydrogen-bond acceptors (Lipinski definition) is 6. The van der Waals surface area contributed by atoms with E-state index in [2.05, 4.69) is 4.98 Å². The average molecular weight is 391 g/mol. The number of hydrogen-bond donors (Lipinski definition) is 0. The van der Waals surface area contributed by atoms with Crippen LogP contribution in [0.2, 0.25) is 0 Å². The van der Waals surface area contributed by atoms with Crippen molar-refractivity contribution in [2.75, 3.05) is 25.2 Å². The summed E-state index contributed by atoms with van der Waals surface area (Å²) in [5, 5.41) is 0.514. The van der Waals surface area contributed by atoms with Crippen LogP contribution in [0.4, 0.5) is 5.13 Å². The molecule has 2 aromatic rings. The first-order valence-electron chi connectivity index (χ1n) is 8.97. The lowest BCUT2D eigenvalue weighted by atomic mass is 10.1. The maximum absolute atomic E-state index is 12.8. The van der Waals surface area contributed by atoms with Crippen LogP contribution in [0, 0.1) is 6.92 Å². The summed E-state index contributed by atoms with van der Waals surface area (Å²) in [5.74, 6) is -0.539. The highest BCUT2D eigenvalue weighted by atomic mass is 32.1. The molecule has 1 amide bonds. The van der Waals surface area contributed by atoms with E-state index in [1.807, 2.05) is 44.2 Å². The fourth-order valence-electron chi connectivity index (χ4n) is 2.54. The van der Waals surface area contributed by atoms with Crippen molar-refractivity contribution in [3.8, 4) is 0 Å². The summed E-state index contributed by atoms with van der Waals surface area (Å²) in [6.07, 6.45) is 0.752. The quantitative estimate of drug-likeness (QED) is 0.612. The van der Waals surface area contributed by atoms with E-state index in [1.165, 1.54) is 11.3 Å². The molecule has 1 unspecified atom stereocenters. The molecule has 2 rings (SSSR count). The molecule has 0 radical (unpaired) electrons. The number of aryl methyl sites for hydroxylation is 1. The molecule has 27 heavy (non-hydrogen) atoms. The molecule has 0 bridgehead atoms. The predicted molar refractivity (Wildman–Crippen MR) is 106 cm³/mol. The Bertz CT molecular complexity index is 761. The summed E-state index contributed by atoms with van der Waals surface area (Å²) in [4.78, 5) is 31.7. The largest absolute Gasteiger partial charge is 0.461 e. The average Bonchev–Trinajstić information content (AvgIpc) is 3.04. The van der Waals surface area contributed by atoms with Crippen molar-refractivity contribution in [1.82, 2.24) is 4.98 Å². The van der Waals surface area contributed by atoms with Gasteiger partial charge in [0.05, 0.1) is 19.1 Å².